The molecule has 2 aliphatic heterocycles. The summed E-state index contributed by atoms with van der Waals surface area (Å²) < 4.78 is 5.91. The summed E-state index contributed by atoms with van der Waals surface area (Å²) in [5.41, 5.74) is 3.44. The zero-order valence-electron chi connectivity index (χ0n) is 22.5. The van der Waals surface area contributed by atoms with Crippen LogP contribution in [0.15, 0.2) is 88.7 Å². The van der Waals surface area contributed by atoms with Gasteiger partial charge in [-0.1, -0.05) is 17.7 Å². The van der Waals surface area contributed by atoms with E-state index in [1.807, 2.05) is 6.08 Å². The number of rotatable bonds is 3. The highest BCUT2D eigenvalue weighted by Gasteiger charge is 2.57. The first-order valence-electron chi connectivity index (χ1n) is 13.7. The van der Waals surface area contributed by atoms with E-state index in [9.17, 15) is 34.2 Å². The zero-order chi connectivity index (χ0) is 29.4. The van der Waals surface area contributed by atoms with Gasteiger partial charge in [-0.2, -0.15) is 0 Å². The van der Waals surface area contributed by atoms with Crippen LogP contribution in [0.4, 0.5) is 5.69 Å². The van der Waals surface area contributed by atoms with Crippen LogP contribution in [-0.4, -0.2) is 39.6 Å². The fraction of sp³-hybridized carbons (Fsp3) is 0.242. The summed E-state index contributed by atoms with van der Waals surface area (Å²) in [6.45, 7) is 1.61. The van der Waals surface area contributed by atoms with Crippen molar-refractivity contribution in [2.24, 2.45) is 23.7 Å². The molecule has 3 aliphatic carbocycles. The summed E-state index contributed by atoms with van der Waals surface area (Å²) in [7, 11) is 0. The number of aromatic carboxylic acids is 1. The highest BCUT2D eigenvalue weighted by molar-refractivity contribution is 6.25. The minimum absolute atomic E-state index is 0.0432. The van der Waals surface area contributed by atoms with Gasteiger partial charge in [0.25, 0.3) is 0 Å². The molecule has 9 heteroatoms. The average Bonchev–Trinajstić information content (AvgIpc) is 3.24. The number of ether oxygens (including phenoxy) is 1. The number of carbonyl (C=O) groups is 5. The molecule has 4 unspecified atom stereocenters. The number of hydrogen-bond donors (Lipinski definition) is 2. The number of allylic oxidation sites excluding steroid dienone is 7. The Morgan fingerprint density at radius 2 is 1.83 bits per heavy atom. The smallest absolute Gasteiger partial charge is 0.335 e. The Morgan fingerprint density at radius 3 is 2.62 bits per heavy atom. The van der Waals surface area contributed by atoms with Gasteiger partial charge in [0.2, 0.25) is 11.8 Å². The summed E-state index contributed by atoms with van der Waals surface area (Å²) in [4.78, 5) is 67.2. The summed E-state index contributed by atoms with van der Waals surface area (Å²) in [5, 5.41) is 19.5. The molecule has 0 radical (unpaired) electrons. The van der Waals surface area contributed by atoms with Crippen molar-refractivity contribution in [1.82, 2.24) is 0 Å². The minimum Gasteiger partial charge on any atom is -0.508 e. The number of amides is 2. The Bertz CT molecular complexity index is 1790. The summed E-state index contributed by atoms with van der Waals surface area (Å²) >= 11 is 0. The van der Waals surface area contributed by atoms with Crippen molar-refractivity contribution in [3.63, 3.8) is 0 Å². The fourth-order valence-electron chi connectivity index (χ4n) is 7.20. The molecule has 5 aliphatic rings. The molecule has 2 N–H and O–H groups in total. The van der Waals surface area contributed by atoms with E-state index in [-0.39, 0.29) is 41.4 Å². The van der Waals surface area contributed by atoms with Gasteiger partial charge < -0.3 is 14.9 Å². The van der Waals surface area contributed by atoms with Gasteiger partial charge in [0.1, 0.15) is 11.5 Å². The number of Topliss-reactive ketones (excluding diaryl/α,β-unsaturated/α-hetero) is 1. The van der Waals surface area contributed by atoms with Crippen molar-refractivity contribution < 1.29 is 38.9 Å². The van der Waals surface area contributed by atoms with Crippen LogP contribution in [0, 0.1) is 23.7 Å². The maximum absolute atomic E-state index is 14.0. The Labute approximate surface area is 240 Å². The predicted molar refractivity (Wildman–Crippen MR) is 148 cm³/mol. The Balaban J connectivity index is 1.32. The van der Waals surface area contributed by atoms with Crippen molar-refractivity contribution in [2.45, 2.75) is 26.2 Å². The standard InChI is InChI=1S/C33H25NO8/c1-15-9-25(36)24-13-23-21(27(29(24)30(15)37)18-10-17-12-20(35)5-8-26(17)42-14-18)6-7-22-28(23)32(39)34(31(22)38)19-4-2-3-16(11-19)33(40)41/h2-6,8-9,11-12,14,22-23,27-28,35H,7,10,13H2,1H3,(H,40,41). The van der Waals surface area contributed by atoms with Crippen LogP contribution in [0.3, 0.4) is 0 Å². The number of phenols is 1. The Kier molecular flexibility index (Phi) is 5.69. The van der Waals surface area contributed by atoms with E-state index in [0.29, 0.717) is 34.5 Å². The van der Waals surface area contributed by atoms with E-state index < -0.39 is 41.5 Å². The first-order chi connectivity index (χ1) is 20.1. The van der Waals surface area contributed by atoms with Gasteiger partial charge >= 0.3 is 5.97 Å². The molecule has 2 aromatic carbocycles. The van der Waals surface area contributed by atoms with E-state index in [1.165, 1.54) is 36.4 Å². The molecule has 1 fully saturated rings. The topological polar surface area (TPSA) is 138 Å². The van der Waals surface area contributed by atoms with Gasteiger partial charge in [0.05, 0.1) is 29.3 Å². The monoisotopic (exact) mass is 563 g/mol. The van der Waals surface area contributed by atoms with Crippen LogP contribution < -0.4 is 9.64 Å². The maximum atomic E-state index is 14.0. The molecule has 42 heavy (non-hydrogen) atoms. The molecule has 0 spiro atoms. The van der Waals surface area contributed by atoms with Crippen LogP contribution in [0.2, 0.25) is 0 Å². The first kappa shape index (κ1) is 25.9. The van der Waals surface area contributed by atoms with Crippen molar-refractivity contribution in [1.29, 1.82) is 0 Å². The Morgan fingerprint density at radius 1 is 1.02 bits per heavy atom. The number of carboxylic acid groups (broad SMARTS) is 1. The third-order valence-corrected chi connectivity index (χ3v) is 9.06. The molecule has 2 heterocycles. The lowest BCUT2D eigenvalue weighted by Crippen LogP contribution is -2.41. The molecule has 210 valence electrons. The number of hydrogen-bond acceptors (Lipinski definition) is 7. The zero-order valence-corrected chi connectivity index (χ0v) is 22.5. The van der Waals surface area contributed by atoms with Crippen LogP contribution in [0.5, 0.6) is 11.5 Å². The van der Waals surface area contributed by atoms with Crippen molar-refractivity contribution in [3.8, 4) is 11.5 Å². The molecule has 1 saturated heterocycles. The van der Waals surface area contributed by atoms with Gasteiger partial charge in [0, 0.05) is 34.6 Å². The number of carbonyl (C=O) groups excluding carboxylic acids is 4. The van der Waals surface area contributed by atoms with E-state index in [1.54, 1.807) is 25.3 Å². The van der Waals surface area contributed by atoms with Gasteiger partial charge in [-0.05, 0) is 73.7 Å². The minimum atomic E-state index is -1.17. The number of benzene rings is 2. The van der Waals surface area contributed by atoms with Crippen molar-refractivity contribution in [2.75, 3.05) is 4.90 Å². The molecule has 9 nitrogen and oxygen atoms in total. The van der Waals surface area contributed by atoms with Crippen LogP contribution in [0.25, 0.3) is 0 Å². The second kappa shape index (κ2) is 9.24. The second-order valence-electron chi connectivity index (χ2n) is 11.4. The summed E-state index contributed by atoms with van der Waals surface area (Å²) in [5.74, 6) is -4.52. The van der Waals surface area contributed by atoms with Gasteiger partial charge in [0.15, 0.2) is 11.6 Å². The van der Waals surface area contributed by atoms with Gasteiger partial charge in [-0.3, -0.25) is 24.1 Å². The molecule has 0 saturated carbocycles. The van der Waals surface area contributed by atoms with Gasteiger partial charge in [-0.15, -0.1) is 0 Å². The third kappa shape index (κ3) is 3.73. The quantitative estimate of drug-likeness (QED) is 0.324. The number of carboxylic acids is 1. The number of phenolic OH excluding ortho intramolecular Hbond substituents is 1. The third-order valence-electron chi connectivity index (χ3n) is 9.06. The number of imide groups is 1. The SMILES string of the molecule is CC1=CC(=O)C2=C(C1=O)C(C1=COc3ccc(O)cc3C1)C1=CCC3C(=O)N(c4cccc(C(=O)O)c4)C(=O)C3C1C2. The maximum Gasteiger partial charge on any atom is 0.335 e. The van der Waals surface area contributed by atoms with Crippen LogP contribution in [-0.2, 0) is 25.6 Å². The van der Waals surface area contributed by atoms with Crippen LogP contribution >= 0.6 is 0 Å². The van der Waals surface area contributed by atoms with E-state index in [0.717, 1.165) is 16.0 Å². The normalized spacial score (nSPS) is 26.4. The highest BCUT2D eigenvalue weighted by Crippen LogP contribution is 2.55. The lowest BCUT2D eigenvalue weighted by molar-refractivity contribution is -0.123. The number of anilines is 1. The molecule has 7 rings (SSSR count). The fourth-order valence-corrected chi connectivity index (χ4v) is 7.20. The molecule has 0 aromatic heterocycles. The predicted octanol–water partition coefficient (Wildman–Crippen LogP) is 4.08. The number of ketones is 2. The lowest BCUT2D eigenvalue weighted by atomic mass is 9.58. The van der Waals surface area contributed by atoms with Crippen molar-refractivity contribution in [3.05, 3.63) is 99.9 Å². The largest absolute Gasteiger partial charge is 0.508 e. The summed E-state index contributed by atoms with van der Waals surface area (Å²) in [6, 6.07) is 10.5. The summed E-state index contributed by atoms with van der Waals surface area (Å²) in [6.07, 6.45) is 5.60. The molecule has 4 atom stereocenters. The highest BCUT2D eigenvalue weighted by atomic mass is 16.5. The second-order valence-corrected chi connectivity index (χ2v) is 11.4. The number of nitrogens with zero attached hydrogens (tertiary/aromatic N) is 1. The van der Waals surface area contributed by atoms with Crippen LogP contribution in [0.1, 0.15) is 35.7 Å². The van der Waals surface area contributed by atoms with Crippen molar-refractivity contribution >= 4 is 35.0 Å². The average molecular weight is 564 g/mol. The van der Waals surface area contributed by atoms with E-state index >= 15 is 0 Å². The van der Waals surface area contributed by atoms with E-state index in [2.05, 4.69) is 0 Å². The first-order valence-corrected chi connectivity index (χ1v) is 13.7. The molecular formula is C33H25NO8. The Hall–Kier alpha value is -5.05. The molecule has 2 aromatic rings. The number of fused-ring (bicyclic) bond motifs is 4. The number of aromatic hydroxyl groups is 1. The van der Waals surface area contributed by atoms with Gasteiger partial charge in [-0.25, -0.2) is 4.79 Å². The molecule has 2 amide bonds. The molecule has 0 bridgehead atoms. The molecular weight excluding hydrogens is 538 g/mol. The lowest BCUT2D eigenvalue weighted by Gasteiger charge is -2.43. The van der Waals surface area contributed by atoms with E-state index in [4.69, 9.17) is 4.74 Å².